The molecule has 36 heavy (non-hydrogen) atoms. The van der Waals surface area contributed by atoms with E-state index in [9.17, 15) is 4.79 Å². The molecule has 0 saturated carbocycles. The minimum absolute atomic E-state index is 0. The molecule has 184 valence electrons. The summed E-state index contributed by atoms with van der Waals surface area (Å²) in [7, 11) is -2.48. The molecule has 1 aliphatic heterocycles. The lowest BCUT2D eigenvalue weighted by Crippen LogP contribution is -3.00. The van der Waals surface area contributed by atoms with Crippen LogP contribution in [-0.4, -0.2) is 19.2 Å². The van der Waals surface area contributed by atoms with Crippen molar-refractivity contribution in [3.8, 4) is 11.5 Å². The van der Waals surface area contributed by atoms with Crippen molar-refractivity contribution in [3.63, 3.8) is 0 Å². The lowest BCUT2D eigenvalue weighted by Gasteiger charge is -2.31. The SMILES string of the molecule is CCOc1cc2c(cc1OCC)C([P+](c1ccccc1)(c1ccccc1)c1ccccc1)OC2=O.[Br-]. The van der Waals surface area contributed by atoms with E-state index in [1.807, 2.05) is 38.1 Å². The zero-order chi connectivity index (χ0) is 24.3. The number of fused-ring (bicyclic) bond motifs is 1. The number of hydrogen-bond donors (Lipinski definition) is 0. The van der Waals surface area contributed by atoms with Crippen LogP contribution in [0, 0.1) is 0 Å². The van der Waals surface area contributed by atoms with Crippen LogP contribution >= 0.6 is 7.26 Å². The Morgan fingerprint density at radius 3 is 1.53 bits per heavy atom. The van der Waals surface area contributed by atoms with Crippen molar-refractivity contribution in [2.24, 2.45) is 0 Å². The highest BCUT2D eigenvalue weighted by Crippen LogP contribution is 2.69. The van der Waals surface area contributed by atoms with E-state index < -0.39 is 13.1 Å². The zero-order valence-corrected chi connectivity index (χ0v) is 22.7. The molecule has 1 unspecified atom stereocenters. The van der Waals surface area contributed by atoms with Crippen molar-refractivity contribution in [3.05, 3.63) is 114 Å². The molecule has 0 amide bonds. The van der Waals surface area contributed by atoms with Crippen LogP contribution in [0.15, 0.2) is 103 Å². The molecule has 6 heteroatoms. The molecule has 0 saturated heterocycles. The predicted molar refractivity (Wildman–Crippen MR) is 142 cm³/mol. The van der Waals surface area contributed by atoms with Crippen LogP contribution < -0.4 is 42.4 Å². The first-order valence-electron chi connectivity index (χ1n) is 11.9. The van der Waals surface area contributed by atoms with Gasteiger partial charge in [0.05, 0.1) is 24.3 Å². The molecule has 0 N–H and O–H groups in total. The van der Waals surface area contributed by atoms with Gasteiger partial charge in [0.2, 0.25) is 5.85 Å². The maximum Gasteiger partial charge on any atom is 0.342 e. The number of rotatable bonds is 8. The monoisotopic (exact) mass is 562 g/mol. The van der Waals surface area contributed by atoms with Gasteiger partial charge in [0.1, 0.15) is 15.9 Å². The highest BCUT2D eigenvalue weighted by atomic mass is 79.9. The third-order valence-electron chi connectivity index (χ3n) is 6.26. The van der Waals surface area contributed by atoms with Gasteiger partial charge in [0.25, 0.3) is 0 Å². The second kappa shape index (κ2) is 11.3. The Morgan fingerprint density at radius 1 is 0.694 bits per heavy atom. The Balaban J connectivity index is 0.00000304. The summed E-state index contributed by atoms with van der Waals surface area (Å²) in [5, 5.41) is 3.44. The van der Waals surface area contributed by atoms with Crippen LogP contribution in [0.5, 0.6) is 11.5 Å². The van der Waals surface area contributed by atoms with E-state index in [-0.39, 0.29) is 23.0 Å². The standard InChI is InChI=1S/C30H28O4P.BrH/c1-3-32-27-20-25-26(21-28(27)33-4-2)30(34-29(25)31)35(22-14-8-5-9-15-22,23-16-10-6-11-17-23)24-18-12-7-13-19-24;/h5-21,30H,3-4H2,1-2H3;1H/q+1;/p-1. The van der Waals surface area contributed by atoms with Gasteiger partial charge in [-0.3, -0.25) is 0 Å². The van der Waals surface area contributed by atoms with Gasteiger partial charge in [-0.1, -0.05) is 54.6 Å². The molecule has 4 aromatic carbocycles. The minimum atomic E-state index is -2.48. The Kier molecular flexibility index (Phi) is 8.13. The maximum absolute atomic E-state index is 13.3. The highest BCUT2D eigenvalue weighted by molar-refractivity contribution is 7.95. The Bertz CT molecular complexity index is 1220. The first-order chi connectivity index (χ1) is 17.2. The average Bonchev–Trinajstić information content (AvgIpc) is 3.22. The molecule has 5 rings (SSSR count). The number of halogens is 1. The van der Waals surface area contributed by atoms with Crippen molar-refractivity contribution in [1.29, 1.82) is 0 Å². The summed E-state index contributed by atoms with van der Waals surface area (Å²) in [5.74, 6) is 0.366. The van der Waals surface area contributed by atoms with Crippen LogP contribution in [0.4, 0.5) is 0 Å². The Hall–Kier alpha value is -3.14. The van der Waals surface area contributed by atoms with Gasteiger partial charge >= 0.3 is 5.97 Å². The van der Waals surface area contributed by atoms with Crippen LogP contribution in [0.1, 0.15) is 35.6 Å². The van der Waals surface area contributed by atoms with Crippen LogP contribution in [0.3, 0.4) is 0 Å². The van der Waals surface area contributed by atoms with Gasteiger partial charge in [-0.05, 0) is 62.4 Å². The van der Waals surface area contributed by atoms with Gasteiger partial charge in [-0.2, -0.15) is 0 Å². The van der Waals surface area contributed by atoms with E-state index in [2.05, 4.69) is 72.8 Å². The lowest BCUT2D eigenvalue weighted by atomic mass is 10.1. The van der Waals surface area contributed by atoms with E-state index in [1.165, 1.54) is 0 Å². The van der Waals surface area contributed by atoms with Crippen molar-refractivity contribution >= 4 is 29.1 Å². The van der Waals surface area contributed by atoms with E-state index in [0.29, 0.717) is 30.3 Å². The van der Waals surface area contributed by atoms with Crippen molar-refractivity contribution in [1.82, 2.24) is 0 Å². The lowest BCUT2D eigenvalue weighted by molar-refractivity contribution is -0.0000250. The van der Waals surface area contributed by atoms with E-state index in [1.54, 1.807) is 6.07 Å². The third-order valence-corrected chi connectivity index (χ3v) is 10.7. The quantitative estimate of drug-likeness (QED) is 0.245. The first kappa shape index (κ1) is 25.9. The summed E-state index contributed by atoms with van der Waals surface area (Å²) >= 11 is 0. The van der Waals surface area contributed by atoms with Gasteiger partial charge in [-0.25, -0.2) is 4.79 Å². The Labute approximate surface area is 223 Å². The van der Waals surface area contributed by atoms with Crippen molar-refractivity contribution in [2.45, 2.75) is 19.7 Å². The minimum Gasteiger partial charge on any atom is -1.00 e. The van der Waals surface area contributed by atoms with Gasteiger partial charge in [0.15, 0.2) is 18.8 Å². The molecule has 1 heterocycles. The molecule has 4 nitrogen and oxygen atoms in total. The van der Waals surface area contributed by atoms with E-state index >= 15 is 0 Å². The van der Waals surface area contributed by atoms with Crippen molar-refractivity contribution < 1.29 is 36.0 Å². The number of ether oxygens (including phenoxy) is 3. The number of hydrogen-bond acceptors (Lipinski definition) is 4. The smallest absolute Gasteiger partial charge is 0.342 e. The second-order valence-corrected chi connectivity index (χ2v) is 11.7. The topological polar surface area (TPSA) is 44.8 Å². The second-order valence-electron chi connectivity index (χ2n) is 8.24. The molecule has 0 bridgehead atoms. The summed E-state index contributed by atoms with van der Waals surface area (Å²) in [6, 6.07) is 35.0. The van der Waals surface area contributed by atoms with Crippen LogP contribution in [0.25, 0.3) is 0 Å². The molecule has 0 fully saturated rings. The van der Waals surface area contributed by atoms with E-state index in [4.69, 9.17) is 14.2 Å². The summed E-state index contributed by atoms with van der Waals surface area (Å²) in [5.41, 5.74) is 1.38. The predicted octanol–water partition coefficient (Wildman–Crippen LogP) is 2.65. The molecular formula is C30H28BrO4P. The first-order valence-corrected chi connectivity index (χ1v) is 13.8. The summed E-state index contributed by atoms with van der Waals surface area (Å²) < 4.78 is 18.1. The molecule has 0 spiro atoms. The average molecular weight is 563 g/mol. The van der Waals surface area contributed by atoms with Gasteiger partial charge < -0.3 is 31.2 Å². The number of cyclic esters (lactones) is 1. The molecule has 1 atom stereocenters. The number of carbonyl (C=O) groups excluding carboxylic acids is 1. The number of esters is 1. The fraction of sp³-hybridized carbons (Fsp3) is 0.167. The number of carbonyl (C=O) groups is 1. The molecule has 0 radical (unpaired) electrons. The molecule has 1 aliphatic rings. The molecule has 0 aromatic heterocycles. The summed E-state index contributed by atoms with van der Waals surface area (Å²) in [6.07, 6.45) is 0. The van der Waals surface area contributed by atoms with Crippen LogP contribution in [0.2, 0.25) is 0 Å². The molecule has 4 aromatic rings. The van der Waals surface area contributed by atoms with Crippen LogP contribution in [-0.2, 0) is 4.74 Å². The third kappa shape index (κ3) is 4.42. The van der Waals surface area contributed by atoms with Gasteiger partial charge in [-0.15, -0.1) is 0 Å². The highest BCUT2D eigenvalue weighted by Gasteiger charge is 2.59. The van der Waals surface area contributed by atoms with E-state index in [0.717, 1.165) is 21.5 Å². The number of benzene rings is 4. The fourth-order valence-electron chi connectivity index (χ4n) is 4.85. The summed E-state index contributed by atoms with van der Waals surface area (Å²) in [6.45, 7) is 4.83. The summed E-state index contributed by atoms with van der Waals surface area (Å²) in [4.78, 5) is 13.3. The molecular weight excluding hydrogens is 535 g/mol. The fourth-order valence-corrected chi connectivity index (χ4v) is 9.37. The Morgan fingerprint density at radius 2 is 1.11 bits per heavy atom. The van der Waals surface area contributed by atoms with Gasteiger partial charge in [0, 0.05) is 0 Å². The molecule has 0 aliphatic carbocycles. The zero-order valence-electron chi connectivity index (χ0n) is 20.3. The van der Waals surface area contributed by atoms with Crippen molar-refractivity contribution in [2.75, 3.05) is 13.2 Å². The largest absolute Gasteiger partial charge is 1.00 e. The maximum atomic E-state index is 13.3. The normalized spacial score (nSPS) is 14.4.